The number of anilines is 1. The van der Waals surface area contributed by atoms with Gasteiger partial charge in [-0.05, 0) is 62.6 Å². The molecular weight excluding hydrogens is 314 g/mol. The van der Waals surface area contributed by atoms with Crippen LogP contribution in [0.1, 0.15) is 50.5 Å². The Balaban J connectivity index is 1.37. The molecule has 3 amide bonds. The number of benzene rings is 1. The summed E-state index contributed by atoms with van der Waals surface area (Å²) in [4.78, 5) is 23.7. The Morgan fingerprint density at radius 1 is 1.12 bits per heavy atom. The van der Waals surface area contributed by atoms with E-state index < -0.39 is 0 Å². The maximum atomic E-state index is 11.9. The van der Waals surface area contributed by atoms with E-state index in [-0.39, 0.29) is 17.9 Å². The highest BCUT2D eigenvalue weighted by molar-refractivity contribution is 5.94. The average molecular weight is 341 g/mol. The highest BCUT2D eigenvalue weighted by Gasteiger charge is 2.29. The summed E-state index contributed by atoms with van der Waals surface area (Å²) in [5.41, 5.74) is 3.23. The molecular formula is C20H27N3O2. The van der Waals surface area contributed by atoms with E-state index in [4.69, 9.17) is 0 Å². The second kappa shape index (κ2) is 8.70. The maximum absolute atomic E-state index is 11.9. The Labute approximate surface area is 149 Å². The van der Waals surface area contributed by atoms with Gasteiger partial charge in [0.05, 0.1) is 0 Å². The minimum Gasteiger partial charge on any atom is -0.338 e. The predicted molar refractivity (Wildman–Crippen MR) is 99.2 cm³/mol. The fraction of sp³-hybridized carbons (Fsp3) is 0.500. The van der Waals surface area contributed by atoms with E-state index in [1.807, 2.05) is 24.3 Å². The van der Waals surface area contributed by atoms with Crippen molar-refractivity contribution in [3.8, 4) is 0 Å². The predicted octanol–water partition coefficient (Wildman–Crippen LogP) is 3.72. The lowest BCUT2D eigenvalue weighted by molar-refractivity contribution is -0.117. The first-order valence-electron chi connectivity index (χ1n) is 9.30. The molecule has 1 saturated carbocycles. The van der Waals surface area contributed by atoms with Crippen LogP contribution in [0.4, 0.5) is 10.5 Å². The molecule has 1 aromatic carbocycles. The second-order valence-electron chi connectivity index (χ2n) is 6.93. The molecule has 5 nitrogen and oxygen atoms in total. The quantitative estimate of drug-likeness (QED) is 0.662. The lowest BCUT2D eigenvalue weighted by Crippen LogP contribution is -2.35. The van der Waals surface area contributed by atoms with Gasteiger partial charge in [0.1, 0.15) is 0 Å². The number of carbonyl (C=O) groups is 2. The smallest absolute Gasteiger partial charge is 0.315 e. The molecule has 2 aliphatic carbocycles. The van der Waals surface area contributed by atoms with Crippen molar-refractivity contribution < 1.29 is 9.59 Å². The van der Waals surface area contributed by atoms with Gasteiger partial charge < -0.3 is 16.0 Å². The summed E-state index contributed by atoms with van der Waals surface area (Å²) in [6.45, 7) is 1.12. The van der Waals surface area contributed by atoms with Crippen LogP contribution >= 0.6 is 0 Å². The molecule has 0 bridgehead atoms. The van der Waals surface area contributed by atoms with Crippen LogP contribution in [0, 0.1) is 5.92 Å². The van der Waals surface area contributed by atoms with Crippen LogP contribution in [-0.4, -0.2) is 18.5 Å². The van der Waals surface area contributed by atoms with E-state index in [0.29, 0.717) is 13.1 Å². The molecule has 25 heavy (non-hydrogen) atoms. The van der Waals surface area contributed by atoms with E-state index in [0.717, 1.165) is 30.5 Å². The molecule has 0 aliphatic heterocycles. The van der Waals surface area contributed by atoms with Crippen molar-refractivity contribution in [1.82, 2.24) is 10.6 Å². The Morgan fingerprint density at radius 3 is 2.76 bits per heavy atom. The van der Waals surface area contributed by atoms with Gasteiger partial charge in [0.15, 0.2) is 0 Å². The molecule has 5 heteroatoms. The summed E-state index contributed by atoms with van der Waals surface area (Å²) in [5.74, 6) is 0.284. The van der Waals surface area contributed by atoms with Crippen molar-refractivity contribution in [2.45, 2.75) is 51.5 Å². The molecule has 0 saturated heterocycles. The molecule has 0 aromatic heterocycles. The summed E-state index contributed by atoms with van der Waals surface area (Å²) < 4.78 is 0. The number of hydrogen-bond acceptors (Lipinski definition) is 2. The zero-order chi connectivity index (χ0) is 17.5. The molecule has 0 unspecified atom stereocenters. The van der Waals surface area contributed by atoms with Gasteiger partial charge >= 0.3 is 6.03 Å². The molecule has 0 radical (unpaired) electrons. The summed E-state index contributed by atoms with van der Waals surface area (Å²) in [6.07, 6.45) is 10.1. The first-order valence-corrected chi connectivity index (χ1v) is 9.30. The minimum atomic E-state index is -0.149. The van der Waals surface area contributed by atoms with Crippen LogP contribution < -0.4 is 16.0 Å². The number of allylic oxidation sites excluding steroid dienone is 1. The molecule has 2 aliphatic rings. The third-order valence-electron chi connectivity index (χ3n) is 4.71. The van der Waals surface area contributed by atoms with Gasteiger partial charge in [-0.1, -0.05) is 23.8 Å². The normalized spacial score (nSPS) is 16.7. The summed E-state index contributed by atoms with van der Waals surface area (Å²) in [5, 5.41) is 8.71. The van der Waals surface area contributed by atoms with Crippen molar-refractivity contribution in [2.75, 3.05) is 11.9 Å². The maximum Gasteiger partial charge on any atom is 0.315 e. The lowest BCUT2D eigenvalue weighted by atomic mass is 9.97. The van der Waals surface area contributed by atoms with Gasteiger partial charge in [0.25, 0.3) is 0 Å². The SMILES string of the molecule is O=C(NCCC1=CCCCC1)NCc1cccc(NC(=O)C2CC2)c1. The number of nitrogens with one attached hydrogen (secondary N) is 3. The van der Waals surface area contributed by atoms with Crippen LogP contribution in [-0.2, 0) is 11.3 Å². The van der Waals surface area contributed by atoms with Crippen LogP contribution in [0.15, 0.2) is 35.9 Å². The average Bonchev–Trinajstić information content (AvgIpc) is 3.46. The van der Waals surface area contributed by atoms with Crippen molar-refractivity contribution in [1.29, 1.82) is 0 Å². The molecule has 3 rings (SSSR count). The van der Waals surface area contributed by atoms with Gasteiger partial charge in [0, 0.05) is 24.7 Å². The topological polar surface area (TPSA) is 70.2 Å². The van der Waals surface area contributed by atoms with Crippen molar-refractivity contribution in [2.24, 2.45) is 5.92 Å². The van der Waals surface area contributed by atoms with E-state index >= 15 is 0 Å². The number of carbonyl (C=O) groups excluding carboxylic acids is 2. The molecule has 0 heterocycles. The zero-order valence-electron chi connectivity index (χ0n) is 14.6. The van der Waals surface area contributed by atoms with E-state index in [1.54, 1.807) is 0 Å². The Kier molecular flexibility index (Phi) is 6.09. The molecule has 0 spiro atoms. The van der Waals surface area contributed by atoms with Crippen LogP contribution in [0.2, 0.25) is 0 Å². The van der Waals surface area contributed by atoms with Crippen LogP contribution in [0.5, 0.6) is 0 Å². The van der Waals surface area contributed by atoms with Gasteiger partial charge in [-0.25, -0.2) is 4.79 Å². The molecule has 134 valence electrons. The number of urea groups is 1. The number of amides is 3. The van der Waals surface area contributed by atoms with Gasteiger partial charge in [-0.3, -0.25) is 4.79 Å². The highest BCUT2D eigenvalue weighted by Crippen LogP contribution is 2.30. The van der Waals surface area contributed by atoms with E-state index in [9.17, 15) is 9.59 Å². The third-order valence-corrected chi connectivity index (χ3v) is 4.71. The number of hydrogen-bond donors (Lipinski definition) is 3. The second-order valence-corrected chi connectivity index (χ2v) is 6.93. The Bertz CT molecular complexity index is 650. The zero-order valence-corrected chi connectivity index (χ0v) is 14.6. The van der Waals surface area contributed by atoms with Gasteiger partial charge in [0.2, 0.25) is 5.91 Å². The van der Waals surface area contributed by atoms with E-state index in [2.05, 4.69) is 22.0 Å². The lowest BCUT2D eigenvalue weighted by Gasteiger charge is -2.13. The first kappa shape index (κ1) is 17.5. The minimum absolute atomic E-state index is 0.0971. The van der Waals surface area contributed by atoms with Crippen LogP contribution in [0.25, 0.3) is 0 Å². The fourth-order valence-electron chi connectivity index (χ4n) is 3.06. The molecule has 1 fully saturated rings. The number of rotatable bonds is 7. The highest BCUT2D eigenvalue weighted by atomic mass is 16.2. The van der Waals surface area contributed by atoms with Crippen LogP contribution in [0.3, 0.4) is 0 Å². The largest absolute Gasteiger partial charge is 0.338 e. The molecule has 1 aromatic rings. The first-order chi connectivity index (χ1) is 12.2. The van der Waals surface area contributed by atoms with Gasteiger partial charge in [-0.15, -0.1) is 0 Å². The summed E-state index contributed by atoms with van der Waals surface area (Å²) >= 11 is 0. The standard InChI is InChI=1S/C20H27N3O2/c24-19(17-9-10-17)23-18-8-4-7-16(13-18)14-22-20(25)21-12-11-15-5-2-1-3-6-15/h4-5,7-8,13,17H,1-3,6,9-12,14H2,(H,23,24)(H2,21,22,25). The molecule has 0 atom stereocenters. The van der Waals surface area contributed by atoms with Crippen molar-refractivity contribution in [3.63, 3.8) is 0 Å². The van der Waals surface area contributed by atoms with E-state index in [1.165, 1.54) is 31.3 Å². The molecule has 3 N–H and O–H groups in total. The summed E-state index contributed by atoms with van der Waals surface area (Å²) in [7, 11) is 0. The van der Waals surface area contributed by atoms with Gasteiger partial charge in [-0.2, -0.15) is 0 Å². The monoisotopic (exact) mass is 341 g/mol. The summed E-state index contributed by atoms with van der Waals surface area (Å²) in [6, 6.07) is 7.48. The van der Waals surface area contributed by atoms with Crippen molar-refractivity contribution >= 4 is 17.6 Å². The third kappa shape index (κ3) is 5.93. The van der Waals surface area contributed by atoms with Crippen molar-refractivity contribution in [3.05, 3.63) is 41.5 Å². The Hall–Kier alpha value is -2.30. The fourth-order valence-corrected chi connectivity index (χ4v) is 3.06. The Morgan fingerprint density at radius 2 is 2.00 bits per heavy atom.